The minimum atomic E-state index is -0.688. The zero-order valence-electron chi connectivity index (χ0n) is 8.58. The molecule has 2 nitrogen and oxygen atoms in total. The highest BCUT2D eigenvalue weighted by molar-refractivity contribution is 9.10. The summed E-state index contributed by atoms with van der Waals surface area (Å²) in [6.07, 6.45) is 0. The first kappa shape index (κ1) is 12.6. The second kappa shape index (κ2) is 5.22. The van der Waals surface area contributed by atoms with Crippen molar-refractivity contribution in [1.82, 2.24) is 5.43 Å². The average molecular weight is 319 g/mol. The molecule has 2 aromatic rings. The molecule has 1 atom stereocenters. The molecular formula is C11H9BrF2N2S. The Kier molecular flexibility index (Phi) is 3.88. The van der Waals surface area contributed by atoms with Crippen LogP contribution in [0.3, 0.4) is 0 Å². The molecule has 3 N–H and O–H groups in total. The lowest BCUT2D eigenvalue weighted by Gasteiger charge is -2.16. The molecule has 0 amide bonds. The summed E-state index contributed by atoms with van der Waals surface area (Å²) < 4.78 is 28.1. The number of thiophene rings is 1. The van der Waals surface area contributed by atoms with Crippen molar-refractivity contribution in [2.24, 2.45) is 5.84 Å². The highest BCUT2D eigenvalue weighted by Gasteiger charge is 2.21. The molecule has 90 valence electrons. The smallest absolute Gasteiger partial charge is 0.131 e. The Morgan fingerprint density at radius 1 is 1.29 bits per heavy atom. The Morgan fingerprint density at radius 3 is 2.41 bits per heavy atom. The van der Waals surface area contributed by atoms with Gasteiger partial charge in [-0.1, -0.05) is 6.07 Å². The summed E-state index contributed by atoms with van der Waals surface area (Å²) in [6, 6.07) is 4.84. The van der Waals surface area contributed by atoms with Crippen LogP contribution in [0.2, 0.25) is 0 Å². The second-order valence-corrected chi connectivity index (χ2v) is 5.26. The van der Waals surface area contributed by atoms with E-state index in [-0.39, 0.29) is 5.56 Å². The molecule has 0 bridgehead atoms. The maximum absolute atomic E-state index is 13.6. The third-order valence-corrected chi connectivity index (χ3v) is 4.09. The molecule has 1 unspecified atom stereocenters. The number of nitrogens with two attached hydrogens (primary N) is 1. The molecule has 2 rings (SSSR count). The van der Waals surface area contributed by atoms with Crippen LogP contribution in [-0.2, 0) is 0 Å². The largest absolute Gasteiger partial charge is 0.271 e. The number of nitrogens with one attached hydrogen (secondary N) is 1. The number of rotatable bonds is 3. The summed E-state index contributed by atoms with van der Waals surface area (Å²) >= 11 is 4.67. The topological polar surface area (TPSA) is 38.0 Å². The highest BCUT2D eigenvalue weighted by atomic mass is 79.9. The van der Waals surface area contributed by atoms with Crippen LogP contribution in [0, 0.1) is 11.6 Å². The second-order valence-electron chi connectivity index (χ2n) is 3.40. The van der Waals surface area contributed by atoms with Crippen molar-refractivity contribution < 1.29 is 8.78 Å². The maximum atomic E-state index is 13.6. The van der Waals surface area contributed by atoms with Gasteiger partial charge in [0, 0.05) is 20.3 Å². The van der Waals surface area contributed by atoms with Gasteiger partial charge < -0.3 is 0 Å². The number of hydrogen-bond acceptors (Lipinski definition) is 3. The highest BCUT2D eigenvalue weighted by Crippen LogP contribution is 2.32. The standard InChI is InChI=1S/C11H9BrF2N2S/c12-6-4-9(17-5-6)11(16-15)10-7(13)2-1-3-8(10)14/h1-5,11,16H,15H2. The number of benzene rings is 1. The van der Waals surface area contributed by atoms with E-state index in [1.807, 2.05) is 5.38 Å². The third kappa shape index (κ3) is 2.55. The van der Waals surface area contributed by atoms with Crippen molar-refractivity contribution >= 4 is 27.3 Å². The molecular weight excluding hydrogens is 310 g/mol. The van der Waals surface area contributed by atoms with Crippen molar-refractivity contribution in [3.63, 3.8) is 0 Å². The van der Waals surface area contributed by atoms with Gasteiger partial charge in [-0.2, -0.15) is 0 Å². The Hall–Kier alpha value is -0.820. The molecule has 17 heavy (non-hydrogen) atoms. The van der Waals surface area contributed by atoms with Gasteiger partial charge in [-0.15, -0.1) is 11.3 Å². The molecule has 0 aliphatic carbocycles. The first-order chi connectivity index (χ1) is 8.13. The Morgan fingerprint density at radius 2 is 1.94 bits per heavy atom. The van der Waals surface area contributed by atoms with Crippen LogP contribution < -0.4 is 11.3 Å². The molecule has 0 spiro atoms. The predicted molar refractivity (Wildman–Crippen MR) is 67.5 cm³/mol. The molecule has 1 heterocycles. The monoisotopic (exact) mass is 318 g/mol. The van der Waals surface area contributed by atoms with E-state index in [1.165, 1.54) is 29.5 Å². The summed E-state index contributed by atoms with van der Waals surface area (Å²) in [4.78, 5) is 0.739. The van der Waals surface area contributed by atoms with Gasteiger partial charge in [-0.05, 0) is 34.1 Å². The fourth-order valence-electron chi connectivity index (χ4n) is 1.57. The Balaban J connectivity index is 2.49. The molecule has 0 saturated carbocycles. The Bertz CT molecular complexity index is 510. The summed E-state index contributed by atoms with van der Waals surface area (Å²) in [6.45, 7) is 0. The summed E-state index contributed by atoms with van der Waals surface area (Å²) in [5.41, 5.74) is 2.37. The fraction of sp³-hybridized carbons (Fsp3) is 0.0909. The van der Waals surface area contributed by atoms with Crippen LogP contribution in [0.1, 0.15) is 16.5 Å². The zero-order chi connectivity index (χ0) is 12.4. The van der Waals surface area contributed by atoms with Crippen molar-refractivity contribution in [2.45, 2.75) is 6.04 Å². The van der Waals surface area contributed by atoms with E-state index in [4.69, 9.17) is 5.84 Å². The molecule has 1 aromatic carbocycles. The first-order valence-corrected chi connectivity index (χ1v) is 6.44. The van der Waals surface area contributed by atoms with E-state index < -0.39 is 17.7 Å². The number of hydrazine groups is 1. The summed E-state index contributed by atoms with van der Waals surface area (Å²) in [5.74, 6) is 4.16. The number of halogens is 3. The van der Waals surface area contributed by atoms with Crippen molar-refractivity contribution in [1.29, 1.82) is 0 Å². The number of hydrogen-bond donors (Lipinski definition) is 2. The van der Waals surface area contributed by atoms with E-state index in [2.05, 4.69) is 21.4 Å². The lowest BCUT2D eigenvalue weighted by atomic mass is 10.0. The zero-order valence-corrected chi connectivity index (χ0v) is 11.0. The summed E-state index contributed by atoms with van der Waals surface area (Å²) in [7, 11) is 0. The molecule has 0 aliphatic heterocycles. The van der Waals surface area contributed by atoms with E-state index in [0.29, 0.717) is 0 Å². The summed E-state index contributed by atoms with van der Waals surface area (Å²) in [5, 5.41) is 1.83. The van der Waals surface area contributed by atoms with Gasteiger partial charge in [-0.3, -0.25) is 5.84 Å². The molecule has 0 radical (unpaired) electrons. The van der Waals surface area contributed by atoms with Gasteiger partial charge >= 0.3 is 0 Å². The van der Waals surface area contributed by atoms with Crippen LogP contribution >= 0.6 is 27.3 Å². The van der Waals surface area contributed by atoms with Gasteiger partial charge in [0.1, 0.15) is 11.6 Å². The van der Waals surface area contributed by atoms with Crippen LogP contribution in [0.5, 0.6) is 0 Å². The lowest BCUT2D eigenvalue weighted by Crippen LogP contribution is -2.29. The average Bonchev–Trinajstić information content (AvgIpc) is 2.70. The SMILES string of the molecule is NNC(c1cc(Br)cs1)c1c(F)cccc1F. The van der Waals surface area contributed by atoms with Gasteiger partial charge in [0.15, 0.2) is 0 Å². The van der Waals surface area contributed by atoms with E-state index in [9.17, 15) is 8.78 Å². The lowest BCUT2D eigenvalue weighted by molar-refractivity contribution is 0.513. The molecule has 1 aromatic heterocycles. The van der Waals surface area contributed by atoms with Gasteiger partial charge in [0.2, 0.25) is 0 Å². The van der Waals surface area contributed by atoms with Gasteiger partial charge in [0.25, 0.3) is 0 Å². The van der Waals surface area contributed by atoms with Crippen molar-refractivity contribution in [3.05, 3.63) is 56.2 Å². The fourth-order valence-corrected chi connectivity index (χ4v) is 3.09. The third-order valence-electron chi connectivity index (χ3n) is 2.33. The van der Waals surface area contributed by atoms with Gasteiger partial charge in [0.05, 0.1) is 6.04 Å². The maximum Gasteiger partial charge on any atom is 0.131 e. The van der Waals surface area contributed by atoms with Crippen LogP contribution in [0.4, 0.5) is 8.78 Å². The predicted octanol–water partition coefficient (Wildman–Crippen LogP) is 3.34. The first-order valence-electron chi connectivity index (χ1n) is 4.77. The van der Waals surface area contributed by atoms with E-state index in [1.54, 1.807) is 6.07 Å². The van der Waals surface area contributed by atoms with Crippen LogP contribution in [0.25, 0.3) is 0 Å². The quantitative estimate of drug-likeness (QED) is 0.673. The minimum absolute atomic E-state index is 0.0654. The van der Waals surface area contributed by atoms with Crippen LogP contribution in [-0.4, -0.2) is 0 Å². The van der Waals surface area contributed by atoms with E-state index >= 15 is 0 Å². The minimum Gasteiger partial charge on any atom is -0.271 e. The molecule has 6 heteroatoms. The normalized spacial score (nSPS) is 12.7. The van der Waals surface area contributed by atoms with Gasteiger partial charge in [-0.25, -0.2) is 14.2 Å². The Labute approximate surface area is 110 Å². The molecule has 0 fully saturated rings. The molecule has 0 saturated heterocycles. The molecule has 0 aliphatic rings. The van der Waals surface area contributed by atoms with E-state index in [0.717, 1.165) is 9.35 Å². The van der Waals surface area contributed by atoms with Crippen molar-refractivity contribution in [2.75, 3.05) is 0 Å². The van der Waals surface area contributed by atoms with Crippen molar-refractivity contribution in [3.8, 4) is 0 Å². The van der Waals surface area contributed by atoms with Crippen LogP contribution in [0.15, 0.2) is 34.1 Å².